The number of thiophene rings is 1. The lowest BCUT2D eigenvalue weighted by molar-refractivity contribution is 0.719. The van der Waals surface area contributed by atoms with Gasteiger partial charge in [0.25, 0.3) is 5.56 Å². The van der Waals surface area contributed by atoms with Crippen LogP contribution in [-0.4, -0.2) is 9.55 Å². The minimum atomic E-state index is 0.0671. The molecule has 0 radical (unpaired) electrons. The highest BCUT2D eigenvalue weighted by atomic mass is 32.1. The highest BCUT2D eigenvalue weighted by Crippen LogP contribution is 2.12. The summed E-state index contributed by atoms with van der Waals surface area (Å²) in [6.45, 7) is 2.61. The molecule has 62 valence electrons. The van der Waals surface area contributed by atoms with Gasteiger partial charge in [0.2, 0.25) is 0 Å². The molecule has 12 heavy (non-hydrogen) atoms. The average molecular weight is 180 g/mol. The fourth-order valence-electron chi connectivity index (χ4n) is 1.10. The molecule has 2 aromatic heterocycles. The molecule has 0 saturated carbocycles. The van der Waals surface area contributed by atoms with Gasteiger partial charge < -0.3 is 0 Å². The molecule has 0 N–H and O–H groups in total. The van der Waals surface area contributed by atoms with E-state index in [4.69, 9.17) is 0 Å². The van der Waals surface area contributed by atoms with Crippen LogP contribution in [0.2, 0.25) is 0 Å². The van der Waals surface area contributed by atoms with E-state index < -0.39 is 0 Å². The van der Waals surface area contributed by atoms with E-state index in [0.29, 0.717) is 6.54 Å². The quantitative estimate of drug-likeness (QED) is 0.666. The van der Waals surface area contributed by atoms with Gasteiger partial charge in [-0.2, -0.15) is 0 Å². The number of rotatable bonds is 1. The Morgan fingerprint density at radius 3 is 3.25 bits per heavy atom. The van der Waals surface area contributed by atoms with Gasteiger partial charge in [0.05, 0.1) is 11.8 Å². The van der Waals surface area contributed by atoms with E-state index in [0.717, 1.165) is 10.2 Å². The predicted octanol–water partition coefficient (Wildman–Crippen LogP) is 1.48. The topological polar surface area (TPSA) is 34.9 Å². The summed E-state index contributed by atoms with van der Waals surface area (Å²) in [4.78, 5) is 15.7. The van der Waals surface area contributed by atoms with E-state index in [1.807, 2.05) is 18.4 Å². The molecule has 0 saturated heterocycles. The maximum atomic E-state index is 11.6. The molecule has 4 heteroatoms. The van der Waals surface area contributed by atoms with Crippen molar-refractivity contribution in [3.05, 3.63) is 28.1 Å². The van der Waals surface area contributed by atoms with Crippen molar-refractivity contribution in [1.82, 2.24) is 9.55 Å². The molecule has 0 amide bonds. The molecule has 0 bridgehead atoms. The third-order valence-electron chi connectivity index (χ3n) is 1.78. The van der Waals surface area contributed by atoms with Crippen molar-refractivity contribution >= 4 is 21.6 Å². The summed E-state index contributed by atoms with van der Waals surface area (Å²) in [5.74, 6) is 0. The van der Waals surface area contributed by atoms with Crippen LogP contribution < -0.4 is 5.56 Å². The Hall–Kier alpha value is -1.16. The second-order valence-electron chi connectivity index (χ2n) is 2.47. The van der Waals surface area contributed by atoms with Gasteiger partial charge in [-0.1, -0.05) is 0 Å². The molecule has 2 aromatic rings. The molecule has 0 aromatic carbocycles. The lowest BCUT2D eigenvalue weighted by Crippen LogP contribution is -2.18. The van der Waals surface area contributed by atoms with Crippen molar-refractivity contribution in [2.75, 3.05) is 0 Å². The Bertz CT molecular complexity index is 457. The van der Waals surface area contributed by atoms with Crippen molar-refractivity contribution < 1.29 is 0 Å². The van der Waals surface area contributed by atoms with Gasteiger partial charge in [-0.25, -0.2) is 4.98 Å². The third kappa shape index (κ3) is 0.956. The van der Waals surface area contributed by atoms with Crippen LogP contribution in [0.25, 0.3) is 10.2 Å². The van der Waals surface area contributed by atoms with Crippen LogP contribution in [0.5, 0.6) is 0 Å². The zero-order chi connectivity index (χ0) is 8.55. The van der Waals surface area contributed by atoms with E-state index in [1.165, 1.54) is 11.3 Å². The van der Waals surface area contributed by atoms with Crippen LogP contribution in [0.3, 0.4) is 0 Å². The van der Waals surface area contributed by atoms with E-state index in [-0.39, 0.29) is 5.56 Å². The number of fused-ring (bicyclic) bond motifs is 1. The maximum absolute atomic E-state index is 11.6. The summed E-state index contributed by atoms with van der Waals surface area (Å²) in [6, 6.07) is 1.86. The van der Waals surface area contributed by atoms with Crippen LogP contribution >= 0.6 is 11.3 Å². The normalized spacial score (nSPS) is 10.8. The lowest BCUT2D eigenvalue weighted by atomic mass is 10.5. The largest absolute Gasteiger partial charge is 0.298 e. The molecule has 0 spiro atoms. The van der Waals surface area contributed by atoms with Gasteiger partial charge in [-0.15, -0.1) is 11.3 Å². The predicted molar refractivity (Wildman–Crippen MR) is 49.6 cm³/mol. The van der Waals surface area contributed by atoms with E-state index in [9.17, 15) is 4.79 Å². The molecule has 0 aliphatic rings. The average Bonchev–Trinajstić information content (AvgIpc) is 2.53. The van der Waals surface area contributed by atoms with E-state index in [1.54, 1.807) is 10.9 Å². The lowest BCUT2D eigenvalue weighted by Gasteiger charge is -1.98. The monoisotopic (exact) mass is 180 g/mol. The van der Waals surface area contributed by atoms with Gasteiger partial charge in [-0.3, -0.25) is 9.36 Å². The van der Waals surface area contributed by atoms with Crippen LogP contribution in [-0.2, 0) is 6.54 Å². The van der Waals surface area contributed by atoms with Gasteiger partial charge >= 0.3 is 0 Å². The first-order valence-electron chi connectivity index (χ1n) is 3.75. The van der Waals surface area contributed by atoms with Crippen LogP contribution in [0.15, 0.2) is 22.6 Å². The molecule has 2 heterocycles. The summed E-state index contributed by atoms with van der Waals surface area (Å²) in [7, 11) is 0. The molecule has 2 rings (SSSR count). The van der Waals surface area contributed by atoms with Gasteiger partial charge in [0.15, 0.2) is 0 Å². The van der Waals surface area contributed by atoms with Gasteiger partial charge in [0, 0.05) is 6.54 Å². The molecule has 0 fully saturated rings. The van der Waals surface area contributed by atoms with Gasteiger partial charge in [0.1, 0.15) is 4.70 Å². The zero-order valence-corrected chi connectivity index (χ0v) is 7.47. The fraction of sp³-hybridized carbons (Fsp3) is 0.250. The Kier molecular flexibility index (Phi) is 1.69. The maximum Gasteiger partial charge on any atom is 0.271 e. The summed E-state index contributed by atoms with van der Waals surface area (Å²) >= 11 is 1.45. The van der Waals surface area contributed by atoms with Gasteiger partial charge in [-0.05, 0) is 18.4 Å². The third-order valence-corrected chi connectivity index (χ3v) is 2.67. The Morgan fingerprint density at radius 2 is 2.50 bits per heavy atom. The smallest absolute Gasteiger partial charge is 0.271 e. The molecule has 0 aliphatic carbocycles. The second-order valence-corrected chi connectivity index (χ2v) is 3.39. The van der Waals surface area contributed by atoms with Crippen molar-refractivity contribution in [1.29, 1.82) is 0 Å². The molecule has 0 unspecified atom stereocenters. The first-order valence-corrected chi connectivity index (χ1v) is 4.63. The minimum absolute atomic E-state index is 0.0671. The van der Waals surface area contributed by atoms with Crippen molar-refractivity contribution in [2.24, 2.45) is 0 Å². The summed E-state index contributed by atoms with van der Waals surface area (Å²) in [5, 5.41) is 1.89. The summed E-state index contributed by atoms with van der Waals surface area (Å²) in [5.41, 5.74) is 0.868. The number of aryl methyl sites for hydroxylation is 1. The standard InChI is InChI=1S/C8H8N2OS/c1-2-10-5-9-6-3-4-12-7(6)8(10)11/h3-5H,2H2,1H3. The van der Waals surface area contributed by atoms with Crippen molar-refractivity contribution in [2.45, 2.75) is 13.5 Å². The van der Waals surface area contributed by atoms with Crippen molar-refractivity contribution in [3.8, 4) is 0 Å². The molecular formula is C8H8N2OS. The van der Waals surface area contributed by atoms with E-state index >= 15 is 0 Å². The minimum Gasteiger partial charge on any atom is -0.298 e. The second kappa shape index (κ2) is 2.71. The molecule has 0 aliphatic heterocycles. The van der Waals surface area contributed by atoms with Crippen LogP contribution in [0, 0.1) is 0 Å². The highest BCUT2D eigenvalue weighted by Gasteiger charge is 2.02. The summed E-state index contributed by atoms with van der Waals surface area (Å²) < 4.78 is 2.36. The number of hydrogen-bond acceptors (Lipinski definition) is 3. The first-order chi connectivity index (χ1) is 5.83. The Labute approximate surface area is 73.3 Å². The van der Waals surface area contributed by atoms with E-state index in [2.05, 4.69) is 4.98 Å². The molecule has 0 atom stereocenters. The summed E-state index contributed by atoms with van der Waals surface area (Å²) in [6.07, 6.45) is 1.59. The van der Waals surface area contributed by atoms with Crippen LogP contribution in [0.1, 0.15) is 6.92 Å². The first kappa shape index (κ1) is 7.49. The number of nitrogens with zero attached hydrogens (tertiary/aromatic N) is 2. The zero-order valence-electron chi connectivity index (χ0n) is 6.65. The van der Waals surface area contributed by atoms with Crippen LogP contribution in [0.4, 0.5) is 0 Å². The fourth-order valence-corrected chi connectivity index (χ4v) is 1.90. The number of aromatic nitrogens is 2. The Balaban J connectivity index is 2.88. The number of hydrogen-bond donors (Lipinski definition) is 0. The molecular weight excluding hydrogens is 172 g/mol. The molecule has 3 nitrogen and oxygen atoms in total. The Morgan fingerprint density at radius 1 is 1.67 bits per heavy atom. The highest BCUT2D eigenvalue weighted by molar-refractivity contribution is 7.17. The SMILES string of the molecule is CCn1cnc2ccsc2c1=O. The van der Waals surface area contributed by atoms with Crippen molar-refractivity contribution in [3.63, 3.8) is 0 Å².